The molecule has 0 aliphatic carbocycles. The second kappa shape index (κ2) is 44.0. The monoisotopic (exact) mass is 1420 g/mol. The number of nitrogens with one attached hydrogen (secondary N) is 14. The van der Waals surface area contributed by atoms with Crippen LogP contribution in [0.15, 0.2) is 0 Å². The van der Waals surface area contributed by atoms with Crippen molar-refractivity contribution in [2.24, 2.45) is 35.1 Å². The molecule has 100 heavy (non-hydrogen) atoms. The van der Waals surface area contributed by atoms with Gasteiger partial charge in [0.2, 0.25) is 94.5 Å². The summed E-state index contributed by atoms with van der Waals surface area (Å²) < 4.78 is 0. The van der Waals surface area contributed by atoms with Gasteiger partial charge in [0.25, 0.3) is 0 Å². The molecule has 2 unspecified atom stereocenters. The molecule has 2 heterocycles. The summed E-state index contributed by atoms with van der Waals surface area (Å²) in [6, 6.07) is -11.1. The van der Waals surface area contributed by atoms with Gasteiger partial charge in [0, 0.05) is 25.9 Å². The molecule has 10 atom stereocenters. The predicted molar refractivity (Wildman–Crippen MR) is 360 cm³/mol. The summed E-state index contributed by atoms with van der Waals surface area (Å²) >= 11 is 0. The first-order chi connectivity index (χ1) is 46.8. The maximum absolute atomic E-state index is 13.8. The van der Waals surface area contributed by atoms with Gasteiger partial charge in [0.05, 0.1) is 51.4 Å². The summed E-state index contributed by atoms with van der Waals surface area (Å²) in [5.41, 5.74) is 13.6. The van der Waals surface area contributed by atoms with Crippen LogP contribution in [-0.4, -0.2) is 229 Å². The number of carbonyl (C=O) groups is 18. The minimum absolute atomic E-state index is 0.0859. The Bertz CT molecular complexity index is 2930. The van der Waals surface area contributed by atoms with Crippen molar-refractivity contribution in [2.45, 2.75) is 221 Å². The molecule has 2 aliphatic rings. The van der Waals surface area contributed by atoms with Gasteiger partial charge in [-0.3, -0.25) is 86.3 Å². The third kappa shape index (κ3) is 33.6. The number of nitrogens with two attached hydrogens (primary N) is 2. The topological polar surface area (TPSA) is 534 Å². The zero-order valence-corrected chi connectivity index (χ0v) is 59.6. The van der Waals surface area contributed by atoms with Gasteiger partial charge >= 0.3 is 0 Å². The van der Waals surface area contributed by atoms with E-state index in [0.29, 0.717) is 12.8 Å². The molecule has 36 nitrogen and oxygen atoms in total. The number of carbonyl (C=O) groups excluding carboxylic acids is 18. The van der Waals surface area contributed by atoms with Crippen LogP contribution in [0.25, 0.3) is 0 Å². The summed E-state index contributed by atoms with van der Waals surface area (Å²) in [4.78, 5) is 235. The van der Waals surface area contributed by atoms with Crippen molar-refractivity contribution >= 4 is 106 Å². The highest BCUT2D eigenvalue weighted by Crippen LogP contribution is 2.19. The predicted octanol–water partition coefficient (Wildman–Crippen LogP) is -5.66. The zero-order chi connectivity index (χ0) is 75.7. The second-order valence-electron chi connectivity index (χ2n) is 26.9. The zero-order valence-electron chi connectivity index (χ0n) is 59.6. The Kier molecular flexibility index (Phi) is 38.2. The van der Waals surface area contributed by atoms with E-state index < -0.39 is 194 Å². The maximum Gasteiger partial charge on any atom is 0.243 e. The SMILES string of the molecule is CC(=O)[C@H](C)NC(=O)CNC(=O)[C@H](CC(C)C)NC(=O)C(CC(C)C)NC(=O)CNC(=O)C(CCC(N)=O)NC(=O)[C@@H]1CCCN1NCC(=O)NCC(=O)N1CCC[C@H]1C(=O)N[C@@H](CCC(N)=O)C(=O)NCC(=O)N[C@@H](CC(C)C)C(=O)N[C@@H](CC(C)C)C(=O)NCC(=O)N[C@@H](C)C(C)=O. The Morgan fingerprint density at radius 1 is 0.360 bits per heavy atom. The molecule has 2 saturated heterocycles. The number of amides is 16. The van der Waals surface area contributed by atoms with Crippen LogP contribution in [0.4, 0.5) is 0 Å². The molecule has 2 fully saturated rings. The lowest BCUT2D eigenvalue weighted by Crippen LogP contribution is -2.57. The molecule has 18 N–H and O–H groups in total. The number of hydrazine groups is 1. The van der Waals surface area contributed by atoms with E-state index in [1.807, 2.05) is 13.8 Å². The lowest BCUT2D eigenvalue weighted by molar-refractivity contribution is -0.140. The summed E-state index contributed by atoms with van der Waals surface area (Å²) in [7, 11) is 0. The molecule has 0 saturated carbocycles. The highest BCUT2D eigenvalue weighted by atomic mass is 16.2. The van der Waals surface area contributed by atoms with Crippen LogP contribution in [0.5, 0.6) is 0 Å². The molecule has 2 aliphatic heterocycles. The van der Waals surface area contributed by atoms with Crippen molar-refractivity contribution in [1.82, 2.24) is 84.5 Å². The van der Waals surface area contributed by atoms with Crippen molar-refractivity contribution in [3.05, 3.63) is 0 Å². The second-order valence-corrected chi connectivity index (χ2v) is 26.9. The largest absolute Gasteiger partial charge is 0.370 e. The van der Waals surface area contributed by atoms with E-state index >= 15 is 0 Å². The summed E-state index contributed by atoms with van der Waals surface area (Å²) in [6.45, 7) is 16.9. The van der Waals surface area contributed by atoms with Crippen LogP contribution in [-0.2, 0) is 86.3 Å². The molecular weight excluding hydrogens is 1310 g/mol. The lowest BCUT2D eigenvalue weighted by Gasteiger charge is -2.27. The van der Waals surface area contributed by atoms with Crippen molar-refractivity contribution in [1.29, 1.82) is 0 Å². The van der Waals surface area contributed by atoms with Gasteiger partial charge in [-0.05, 0) is 116 Å². The van der Waals surface area contributed by atoms with Gasteiger partial charge in [-0.2, -0.15) is 0 Å². The Morgan fingerprint density at radius 2 is 0.690 bits per heavy atom. The van der Waals surface area contributed by atoms with Gasteiger partial charge in [-0.1, -0.05) is 55.4 Å². The van der Waals surface area contributed by atoms with E-state index in [1.165, 1.54) is 37.6 Å². The number of nitrogens with zero attached hydrogens (tertiary/aromatic N) is 2. The fourth-order valence-corrected chi connectivity index (χ4v) is 10.5. The fourth-order valence-electron chi connectivity index (χ4n) is 10.5. The Balaban J connectivity index is 2.05. The van der Waals surface area contributed by atoms with Gasteiger partial charge in [-0.15, -0.1) is 0 Å². The van der Waals surface area contributed by atoms with Crippen LogP contribution in [0, 0.1) is 23.7 Å². The van der Waals surface area contributed by atoms with Crippen molar-refractivity contribution in [2.75, 3.05) is 52.4 Å². The van der Waals surface area contributed by atoms with E-state index in [1.54, 1.807) is 41.5 Å². The molecule has 16 amide bonds. The number of ketones is 2. The van der Waals surface area contributed by atoms with Crippen molar-refractivity contribution < 1.29 is 86.3 Å². The number of primary amides is 2. The van der Waals surface area contributed by atoms with Crippen molar-refractivity contribution in [3.8, 4) is 0 Å². The van der Waals surface area contributed by atoms with E-state index in [-0.39, 0.29) is 113 Å². The third-order valence-electron chi connectivity index (χ3n) is 16.0. The highest BCUT2D eigenvalue weighted by Gasteiger charge is 2.38. The van der Waals surface area contributed by atoms with Crippen LogP contribution in [0.1, 0.15) is 160 Å². The first-order valence-electron chi connectivity index (χ1n) is 33.9. The number of rotatable bonds is 45. The Labute approximate surface area is 582 Å². The number of Topliss-reactive ketones (excluding diaryl/α,β-unsaturated/α-hetero) is 2. The Hall–Kier alpha value is -9.22. The fraction of sp³-hybridized carbons (Fsp3) is 0.719. The molecule has 0 aromatic rings. The minimum atomic E-state index is -1.45. The maximum atomic E-state index is 13.8. The summed E-state index contributed by atoms with van der Waals surface area (Å²) in [5, 5.41) is 34.1. The van der Waals surface area contributed by atoms with Crippen LogP contribution in [0.2, 0.25) is 0 Å². The average Bonchev–Trinajstić information content (AvgIpc) is 1.66. The van der Waals surface area contributed by atoms with Crippen LogP contribution >= 0.6 is 0 Å². The van der Waals surface area contributed by atoms with Crippen molar-refractivity contribution in [3.63, 3.8) is 0 Å². The lowest BCUT2D eigenvalue weighted by atomic mass is 10.00. The smallest absolute Gasteiger partial charge is 0.243 e. The standard InChI is InChI=1S/C64H108N18O18/c1-33(2)23-43(59(95)70-27-52(88)73-37(9)39(11)83)79-61(97)45(25-35(5)6)75-54(90)29-68-57(93)41(17-19-49(65)85)77-63(99)47-15-13-21-81(47)56(92)32-67-51(87)31-72-82-22-14-16-48(82)64(100)78-42(18-20-50(66)86)58(94)69-30-55(91)76-46(26-36(7)8)62(98)80-44(24-34(3)4)60(96)71-28-53(89)74-38(10)40(12)84/h33-38,41-48,72H,13-32H2,1-12H3,(H2,65,85)(H2,66,86)(H,67,87)(H,68,93)(H,69,94)(H,70,95)(H,71,96)(H,73,88)(H,74,89)(H,75,90)(H,76,91)(H,77,99)(H,78,100)(H,79,97)(H,80,98)/t37-,38-,41-,42?,43-,44-,45-,46?,47-,48-/m0/s1. The molecule has 0 spiro atoms. The Morgan fingerprint density at radius 3 is 1.05 bits per heavy atom. The first-order valence-corrected chi connectivity index (χ1v) is 33.9. The van der Waals surface area contributed by atoms with Gasteiger partial charge in [-0.25, -0.2) is 10.4 Å². The first kappa shape index (κ1) is 86.9. The van der Waals surface area contributed by atoms with Gasteiger partial charge in [0.15, 0.2) is 11.6 Å². The molecular formula is C64H108N18O18. The summed E-state index contributed by atoms with van der Waals surface area (Å²) in [6.07, 6.45) is 0.400. The highest BCUT2D eigenvalue weighted by molar-refractivity contribution is 5.99. The van der Waals surface area contributed by atoms with Gasteiger partial charge in [0.1, 0.15) is 48.3 Å². The molecule has 2 rings (SSSR count). The average molecular weight is 1420 g/mol. The molecule has 0 aromatic heterocycles. The normalized spacial score (nSPS) is 16.7. The third-order valence-corrected chi connectivity index (χ3v) is 16.0. The van der Waals surface area contributed by atoms with E-state index in [9.17, 15) is 86.3 Å². The molecule has 0 radical (unpaired) electrons. The van der Waals surface area contributed by atoms with Crippen LogP contribution < -0.4 is 86.0 Å². The minimum Gasteiger partial charge on any atom is -0.370 e. The molecule has 36 heteroatoms. The van der Waals surface area contributed by atoms with Crippen LogP contribution in [0.3, 0.4) is 0 Å². The molecule has 0 bridgehead atoms. The summed E-state index contributed by atoms with van der Waals surface area (Å²) in [5.74, 6) is -13.1. The number of hydrogen-bond acceptors (Lipinski definition) is 20. The van der Waals surface area contributed by atoms with E-state index in [0.717, 1.165) is 0 Å². The quantitative estimate of drug-likeness (QED) is 0.0270. The van der Waals surface area contributed by atoms with E-state index in [4.69, 9.17) is 11.5 Å². The van der Waals surface area contributed by atoms with E-state index in [2.05, 4.69) is 74.5 Å². The molecule has 0 aromatic carbocycles. The van der Waals surface area contributed by atoms with Gasteiger partial charge < -0.3 is 85.5 Å². The molecule has 562 valence electrons. The number of likely N-dealkylation sites (tertiary alicyclic amines) is 1. The number of hydrogen-bond donors (Lipinski definition) is 16.